The molecule has 1 unspecified atom stereocenters. The van der Waals surface area contributed by atoms with Crippen LogP contribution in [-0.2, 0) is 17.1 Å². The number of hydrogen-bond donors (Lipinski definition) is 1. The molecule has 0 saturated carbocycles. The van der Waals surface area contributed by atoms with Gasteiger partial charge in [-0.3, -0.25) is 4.68 Å². The van der Waals surface area contributed by atoms with Crippen molar-refractivity contribution in [1.29, 1.82) is 0 Å². The molecule has 1 aromatic carbocycles. The Labute approximate surface area is 107 Å². The van der Waals surface area contributed by atoms with E-state index in [1.165, 1.54) is 0 Å². The minimum absolute atomic E-state index is 0.294. The second-order valence-corrected chi connectivity index (χ2v) is 6.49. The van der Waals surface area contributed by atoms with Crippen molar-refractivity contribution < 1.29 is 8.42 Å². The molecule has 2 rings (SSSR count). The van der Waals surface area contributed by atoms with Gasteiger partial charge in [-0.05, 0) is 31.0 Å². The third-order valence-electron chi connectivity index (χ3n) is 2.75. The van der Waals surface area contributed by atoms with E-state index in [1.54, 1.807) is 4.68 Å². The highest BCUT2D eigenvalue weighted by Gasteiger charge is 2.16. The van der Waals surface area contributed by atoms with Gasteiger partial charge in [0.25, 0.3) is 0 Å². The van der Waals surface area contributed by atoms with Crippen molar-refractivity contribution >= 4 is 20.9 Å². The lowest BCUT2D eigenvalue weighted by atomic mass is 10.0. The summed E-state index contributed by atoms with van der Waals surface area (Å²) in [5, 5.41) is 5.41. The summed E-state index contributed by atoms with van der Waals surface area (Å²) in [5.74, 6) is 0. The minimum Gasteiger partial charge on any atom is -0.275 e. The number of nitrogens with zero attached hydrogens (tertiary/aromatic N) is 2. The molecule has 1 aromatic heterocycles. The number of aromatic nitrogens is 2. The van der Waals surface area contributed by atoms with Gasteiger partial charge in [0.1, 0.15) is 0 Å². The molecular formula is C12H17N3O2S. The summed E-state index contributed by atoms with van der Waals surface area (Å²) in [6, 6.07) is 3.72. The van der Waals surface area contributed by atoms with E-state index < -0.39 is 10.0 Å². The van der Waals surface area contributed by atoms with Gasteiger partial charge in [-0.15, -0.1) is 0 Å². The zero-order valence-electron chi connectivity index (χ0n) is 10.9. The Balaban J connectivity index is 2.55. The first-order valence-corrected chi connectivity index (χ1v) is 7.56. The van der Waals surface area contributed by atoms with Gasteiger partial charge in [0.05, 0.1) is 11.8 Å². The fourth-order valence-corrected chi connectivity index (χ4v) is 2.92. The van der Waals surface area contributed by atoms with Crippen LogP contribution in [0, 0.1) is 6.92 Å². The van der Waals surface area contributed by atoms with E-state index in [2.05, 4.69) is 9.82 Å². The van der Waals surface area contributed by atoms with Crippen LogP contribution in [0.15, 0.2) is 18.3 Å². The first-order valence-electron chi connectivity index (χ1n) is 5.67. The average molecular weight is 267 g/mol. The van der Waals surface area contributed by atoms with E-state index in [-0.39, 0.29) is 6.04 Å². The maximum Gasteiger partial charge on any atom is 0.209 e. The lowest BCUT2D eigenvalue weighted by Crippen LogP contribution is -2.25. The first-order chi connectivity index (χ1) is 8.26. The second kappa shape index (κ2) is 4.37. The summed E-state index contributed by atoms with van der Waals surface area (Å²) in [4.78, 5) is 0. The van der Waals surface area contributed by atoms with Crippen LogP contribution in [0.25, 0.3) is 10.9 Å². The van der Waals surface area contributed by atoms with Crippen LogP contribution < -0.4 is 4.72 Å². The lowest BCUT2D eigenvalue weighted by Gasteiger charge is -2.13. The molecule has 1 heterocycles. The van der Waals surface area contributed by atoms with E-state index in [0.717, 1.165) is 28.3 Å². The molecule has 98 valence electrons. The highest BCUT2D eigenvalue weighted by Crippen LogP contribution is 2.25. The molecule has 1 atom stereocenters. The fourth-order valence-electron chi connectivity index (χ4n) is 2.15. The summed E-state index contributed by atoms with van der Waals surface area (Å²) in [5.41, 5.74) is 2.83. The molecule has 1 N–H and O–H groups in total. The molecule has 0 radical (unpaired) electrons. The summed E-state index contributed by atoms with van der Waals surface area (Å²) < 4.78 is 26.9. The van der Waals surface area contributed by atoms with Crippen LogP contribution >= 0.6 is 0 Å². The number of hydrogen-bond acceptors (Lipinski definition) is 3. The van der Waals surface area contributed by atoms with Crippen LogP contribution in [0.4, 0.5) is 0 Å². The highest BCUT2D eigenvalue weighted by molar-refractivity contribution is 7.88. The highest BCUT2D eigenvalue weighted by atomic mass is 32.2. The standard InChI is InChI=1S/C12H17N3O2S/c1-8-5-10-7-15(3)13-12(10)11(6-8)9(2)14-18(4,16)17/h5-7,9,14H,1-4H3. The smallest absolute Gasteiger partial charge is 0.209 e. The van der Waals surface area contributed by atoms with Crippen molar-refractivity contribution in [3.8, 4) is 0 Å². The fraction of sp³-hybridized carbons (Fsp3) is 0.417. The topological polar surface area (TPSA) is 64.0 Å². The van der Waals surface area contributed by atoms with Crippen LogP contribution in [-0.4, -0.2) is 24.5 Å². The molecule has 6 heteroatoms. The Hall–Kier alpha value is -1.40. The average Bonchev–Trinajstić information content (AvgIpc) is 2.53. The summed E-state index contributed by atoms with van der Waals surface area (Å²) in [6.07, 6.45) is 3.09. The molecule has 5 nitrogen and oxygen atoms in total. The zero-order chi connectivity index (χ0) is 13.5. The van der Waals surface area contributed by atoms with Crippen LogP contribution in [0.2, 0.25) is 0 Å². The normalized spacial score (nSPS) is 14.0. The third-order valence-corrected chi connectivity index (χ3v) is 3.54. The van der Waals surface area contributed by atoms with Crippen LogP contribution in [0.3, 0.4) is 0 Å². The molecule has 0 fully saturated rings. The molecule has 0 aliphatic rings. The number of fused-ring (bicyclic) bond motifs is 1. The number of rotatable bonds is 3. The SMILES string of the molecule is Cc1cc(C(C)NS(C)(=O)=O)c2nn(C)cc2c1. The maximum absolute atomic E-state index is 11.3. The monoisotopic (exact) mass is 267 g/mol. The molecule has 0 saturated heterocycles. The van der Waals surface area contributed by atoms with Gasteiger partial charge < -0.3 is 0 Å². The van der Waals surface area contributed by atoms with Gasteiger partial charge in [0, 0.05) is 24.7 Å². The van der Waals surface area contributed by atoms with Gasteiger partial charge in [-0.1, -0.05) is 6.07 Å². The summed E-state index contributed by atoms with van der Waals surface area (Å²) in [7, 11) is -1.38. The van der Waals surface area contributed by atoms with E-state index in [0.29, 0.717) is 0 Å². The molecule has 18 heavy (non-hydrogen) atoms. The second-order valence-electron chi connectivity index (χ2n) is 4.71. The largest absolute Gasteiger partial charge is 0.275 e. The third kappa shape index (κ3) is 2.70. The Morgan fingerprint density at radius 1 is 1.39 bits per heavy atom. The van der Waals surface area contributed by atoms with Gasteiger partial charge in [0.2, 0.25) is 10.0 Å². The van der Waals surface area contributed by atoms with E-state index in [9.17, 15) is 8.42 Å². The van der Waals surface area contributed by atoms with E-state index in [4.69, 9.17) is 0 Å². The van der Waals surface area contributed by atoms with Gasteiger partial charge in [0.15, 0.2) is 0 Å². The van der Waals surface area contributed by atoms with Gasteiger partial charge in [-0.25, -0.2) is 13.1 Å². The molecule has 0 amide bonds. The summed E-state index contributed by atoms with van der Waals surface area (Å²) in [6.45, 7) is 3.81. The molecule has 2 aromatic rings. The van der Waals surface area contributed by atoms with Crippen LogP contribution in [0.1, 0.15) is 24.1 Å². The van der Waals surface area contributed by atoms with Crippen LogP contribution in [0.5, 0.6) is 0 Å². The Kier molecular flexibility index (Phi) is 3.16. The number of benzene rings is 1. The lowest BCUT2D eigenvalue weighted by molar-refractivity contribution is 0.573. The molecular weight excluding hydrogens is 250 g/mol. The predicted octanol–water partition coefficient (Wildman–Crippen LogP) is 1.49. The van der Waals surface area contributed by atoms with Crippen molar-refractivity contribution in [3.05, 3.63) is 29.5 Å². The number of sulfonamides is 1. The van der Waals surface area contributed by atoms with E-state index >= 15 is 0 Å². The van der Waals surface area contributed by atoms with Gasteiger partial charge in [-0.2, -0.15) is 5.10 Å². The molecule has 0 aliphatic carbocycles. The van der Waals surface area contributed by atoms with Crippen molar-refractivity contribution in [1.82, 2.24) is 14.5 Å². The predicted molar refractivity (Wildman–Crippen MR) is 71.8 cm³/mol. The zero-order valence-corrected chi connectivity index (χ0v) is 11.7. The Morgan fingerprint density at radius 2 is 2.06 bits per heavy atom. The van der Waals surface area contributed by atoms with Crippen molar-refractivity contribution in [3.63, 3.8) is 0 Å². The molecule has 0 bridgehead atoms. The van der Waals surface area contributed by atoms with Crippen molar-refractivity contribution in [2.75, 3.05) is 6.26 Å². The Bertz CT molecular complexity index is 689. The van der Waals surface area contributed by atoms with Gasteiger partial charge >= 0.3 is 0 Å². The van der Waals surface area contributed by atoms with Crippen molar-refractivity contribution in [2.24, 2.45) is 7.05 Å². The number of aryl methyl sites for hydroxylation is 2. The maximum atomic E-state index is 11.3. The number of nitrogens with one attached hydrogen (secondary N) is 1. The van der Waals surface area contributed by atoms with E-state index in [1.807, 2.05) is 39.2 Å². The minimum atomic E-state index is -3.23. The van der Waals surface area contributed by atoms with Crippen molar-refractivity contribution in [2.45, 2.75) is 19.9 Å². The first kappa shape index (κ1) is 13.0. The Morgan fingerprint density at radius 3 is 2.67 bits per heavy atom. The quantitative estimate of drug-likeness (QED) is 0.916. The summed E-state index contributed by atoms with van der Waals surface area (Å²) >= 11 is 0. The molecule has 0 spiro atoms. The molecule has 0 aliphatic heterocycles.